The van der Waals surface area contributed by atoms with E-state index in [0.717, 1.165) is 0 Å². The summed E-state index contributed by atoms with van der Waals surface area (Å²) < 4.78 is 16.3. The second-order valence-corrected chi connectivity index (χ2v) is 9.93. The van der Waals surface area contributed by atoms with Gasteiger partial charge in [0.15, 0.2) is 0 Å². The lowest BCUT2D eigenvalue weighted by atomic mass is 10.0. The van der Waals surface area contributed by atoms with Crippen LogP contribution in [0.5, 0.6) is 0 Å². The van der Waals surface area contributed by atoms with Gasteiger partial charge < -0.3 is 19.1 Å². The van der Waals surface area contributed by atoms with E-state index in [2.05, 4.69) is 10.0 Å². The first-order valence-electron chi connectivity index (χ1n) is 10.6. The third-order valence-electron chi connectivity index (χ3n) is 4.76. The molecule has 2 amide bonds. The van der Waals surface area contributed by atoms with Gasteiger partial charge in [-0.05, 0) is 60.3 Å². The number of nitrogens with zero attached hydrogens (tertiary/aromatic N) is 5. The van der Waals surface area contributed by atoms with Gasteiger partial charge in [0.25, 0.3) is 0 Å². The summed E-state index contributed by atoms with van der Waals surface area (Å²) >= 11 is 1.25. The van der Waals surface area contributed by atoms with Gasteiger partial charge in [0.05, 0.1) is 19.3 Å². The number of β-lactam (4-membered cyclic amide) rings is 1. The van der Waals surface area contributed by atoms with Crippen LogP contribution in [0.25, 0.3) is 10.4 Å². The zero-order chi connectivity index (χ0) is 25.5. The molecule has 0 bridgehead atoms. The van der Waals surface area contributed by atoms with Gasteiger partial charge in [0.2, 0.25) is 5.91 Å². The molecule has 0 unspecified atom stereocenters. The van der Waals surface area contributed by atoms with Crippen molar-refractivity contribution in [1.82, 2.24) is 9.80 Å². The molecule has 0 aromatic rings. The minimum Gasteiger partial charge on any atom is -0.464 e. The summed E-state index contributed by atoms with van der Waals surface area (Å²) in [7, 11) is 1.19. The maximum absolute atomic E-state index is 12.8. The van der Waals surface area contributed by atoms with E-state index in [1.165, 1.54) is 23.8 Å². The number of esters is 1. The molecule has 12 heteroatoms. The lowest BCUT2D eigenvalue weighted by molar-refractivity contribution is -0.149. The number of hydrogen-bond donors (Lipinski definition) is 0. The average Bonchev–Trinajstić information content (AvgIpc) is 2.71. The van der Waals surface area contributed by atoms with Crippen molar-refractivity contribution in [3.8, 4) is 0 Å². The highest BCUT2D eigenvalue weighted by Gasteiger charge is 2.51. The van der Waals surface area contributed by atoms with Crippen molar-refractivity contribution in [3.05, 3.63) is 21.7 Å². The first kappa shape index (κ1) is 28.6. The minimum atomic E-state index is -0.950. The lowest BCUT2D eigenvalue weighted by Gasteiger charge is -2.45. The molecule has 0 saturated carbocycles. The van der Waals surface area contributed by atoms with Gasteiger partial charge >= 0.3 is 12.1 Å². The fraction of sp³-hybridized carbons (Fsp3) is 0.762. The van der Waals surface area contributed by atoms with Gasteiger partial charge in [-0.2, -0.15) is 0 Å². The molecule has 1 fully saturated rings. The van der Waals surface area contributed by atoms with Crippen LogP contribution in [0.15, 0.2) is 16.4 Å². The number of rotatable bonds is 10. The molecule has 33 heavy (non-hydrogen) atoms. The molecule has 0 aliphatic carbocycles. The molecular weight excluding hydrogens is 450 g/mol. The average molecular weight is 486 g/mol. The molecule has 0 aromatic carbocycles. The van der Waals surface area contributed by atoms with Crippen LogP contribution < -0.4 is 0 Å². The molecule has 1 aliphatic heterocycles. The predicted molar refractivity (Wildman–Crippen MR) is 125 cm³/mol. The molecule has 1 aliphatic rings. The van der Waals surface area contributed by atoms with Crippen LogP contribution in [0, 0.1) is 0 Å². The molecule has 0 radical (unpaired) electrons. The fourth-order valence-corrected chi connectivity index (χ4v) is 4.16. The molecule has 2 atom stereocenters. The van der Waals surface area contributed by atoms with Crippen molar-refractivity contribution in [3.63, 3.8) is 0 Å². The van der Waals surface area contributed by atoms with E-state index in [1.807, 2.05) is 48.5 Å². The van der Waals surface area contributed by atoms with Gasteiger partial charge in [-0.1, -0.05) is 5.11 Å². The number of methoxy groups -OCH3 is 1. The highest BCUT2D eigenvalue weighted by molar-refractivity contribution is 7.99. The van der Waals surface area contributed by atoms with Crippen molar-refractivity contribution in [1.29, 1.82) is 0 Å². The van der Waals surface area contributed by atoms with E-state index in [-0.39, 0.29) is 36.6 Å². The summed E-state index contributed by atoms with van der Waals surface area (Å²) in [5.74, 6) is -1.33. The molecule has 0 spiro atoms. The number of amides is 2. The van der Waals surface area contributed by atoms with E-state index in [9.17, 15) is 14.4 Å². The number of hydrogen-bond acceptors (Lipinski definition) is 8. The van der Waals surface area contributed by atoms with Crippen molar-refractivity contribution < 1.29 is 28.6 Å². The highest BCUT2D eigenvalue weighted by Crippen LogP contribution is 2.36. The summed E-state index contributed by atoms with van der Waals surface area (Å²) in [5.41, 5.74) is 8.40. The van der Waals surface area contributed by atoms with E-state index < -0.39 is 35.0 Å². The molecular formula is C21H35N5O6S. The van der Waals surface area contributed by atoms with Crippen LogP contribution in [0.2, 0.25) is 0 Å². The summed E-state index contributed by atoms with van der Waals surface area (Å²) in [4.78, 5) is 43.8. The maximum Gasteiger partial charge on any atom is 0.410 e. The van der Waals surface area contributed by atoms with Crippen molar-refractivity contribution in [2.75, 3.05) is 26.6 Å². The number of likely N-dealkylation sites (tertiary alicyclic amines) is 1. The SMILES string of the molecule is COC(=O)/C(=C(/COC(=O)N(C(C)C)C(C)C)COC(C)(C)C)N1C(=O)[C@H](N=[N+]=[N-])[C@H]1SC. The quantitative estimate of drug-likeness (QED) is 0.115. The number of carbonyl (C=O) groups is 3. The van der Waals surface area contributed by atoms with Crippen molar-refractivity contribution >= 4 is 29.7 Å². The maximum atomic E-state index is 12.8. The number of azide groups is 1. The molecule has 11 nitrogen and oxygen atoms in total. The number of carbonyl (C=O) groups excluding carboxylic acids is 3. The smallest absolute Gasteiger partial charge is 0.410 e. The Hall–Kier alpha value is -2.43. The summed E-state index contributed by atoms with van der Waals surface area (Å²) in [6.45, 7) is 12.6. The Kier molecular flexibility index (Phi) is 10.5. The van der Waals surface area contributed by atoms with Gasteiger partial charge in [-0.25, -0.2) is 9.59 Å². The number of ether oxygens (including phenoxy) is 3. The fourth-order valence-electron chi connectivity index (χ4n) is 3.32. The highest BCUT2D eigenvalue weighted by atomic mass is 32.2. The molecule has 1 saturated heterocycles. The zero-order valence-corrected chi connectivity index (χ0v) is 21.6. The first-order valence-corrected chi connectivity index (χ1v) is 11.9. The molecule has 186 valence electrons. The summed E-state index contributed by atoms with van der Waals surface area (Å²) in [6.07, 6.45) is 1.17. The summed E-state index contributed by atoms with van der Waals surface area (Å²) in [6, 6.07) is -1.15. The van der Waals surface area contributed by atoms with E-state index >= 15 is 0 Å². The Morgan fingerprint density at radius 2 is 1.79 bits per heavy atom. The van der Waals surface area contributed by atoms with Gasteiger partial charge in [-0.15, -0.1) is 11.8 Å². The second-order valence-electron chi connectivity index (χ2n) is 8.98. The standard InChI is InChI=1S/C21H35N5O6S/c1-12(2)25(13(3)4)20(29)31-10-14(11-32-21(5,6)7)16(19(28)30-8)26-17(27)15(23-24-22)18(26)33-9/h12-13,15,18H,10-11H2,1-9H3/b16-14+/t15-,18+/m0/s1. The van der Waals surface area contributed by atoms with Crippen LogP contribution in [-0.4, -0.2) is 83.4 Å². The van der Waals surface area contributed by atoms with Crippen LogP contribution in [0.3, 0.4) is 0 Å². The van der Waals surface area contributed by atoms with Crippen LogP contribution in [0.4, 0.5) is 4.79 Å². The minimum absolute atomic E-state index is 0.0797. The third kappa shape index (κ3) is 7.28. The van der Waals surface area contributed by atoms with Crippen molar-refractivity contribution in [2.24, 2.45) is 5.11 Å². The normalized spacial score (nSPS) is 19.0. The van der Waals surface area contributed by atoms with Crippen LogP contribution >= 0.6 is 11.8 Å². The molecule has 0 N–H and O–H groups in total. The van der Waals surface area contributed by atoms with Gasteiger partial charge in [0.1, 0.15) is 23.7 Å². The second kappa shape index (κ2) is 12.2. The predicted octanol–water partition coefficient (Wildman–Crippen LogP) is 3.69. The molecule has 0 aromatic heterocycles. The zero-order valence-electron chi connectivity index (χ0n) is 20.8. The Morgan fingerprint density at radius 3 is 2.21 bits per heavy atom. The van der Waals surface area contributed by atoms with E-state index in [1.54, 1.807) is 11.2 Å². The van der Waals surface area contributed by atoms with Crippen LogP contribution in [0.1, 0.15) is 48.5 Å². The van der Waals surface area contributed by atoms with Crippen LogP contribution in [-0.2, 0) is 23.8 Å². The number of thioether (sulfide) groups is 1. The van der Waals surface area contributed by atoms with E-state index in [4.69, 9.17) is 19.7 Å². The molecule has 1 rings (SSSR count). The molecule has 1 heterocycles. The van der Waals surface area contributed by atoms with Gasteiger partial charge in [-0.3, -0.25) is 9.69 Å². The lowest BCUT2D eigenvalue weighted by Crippen LogP contribution is -2.62. The Morgan fingerprint density at radius 1 is 1.21 bits per heavy atom. The third-order valence-corrected chi connectivity index (χ3v) is 5.71. The monoisotopic (exact) mass is 485 g/mol. The summed E-state index contributed by atoms with van der Waals surface area (Å²) in [5, 5.41) is 2.93. The van der Waals surface area contributed by atoms with Crippen molar-refractivity contribution in [2.45, 2.75) is 77.6 Å². The Labute approximate surface area is 199 Å². The van der Waals surface area contributed by atoms with Gasteiger partial charge in [0, 0.05) is 22.6 Å². The largest absolute Gasteiger partial charge is 0.464 e. The van der Waals surface area contributed by atoms with E-state index in [0.29, 0.717) is 0 Å². The Balaban J connectivity index is 3.42. The first-order chi connectivity index (χ1) is 15.3. The topological polar surface area (TPSA) is 134 Å². The Bertz CT molecular complexity index is 808.